The number of hydrogen-bond donors (Lipinski definition) is 2. The zero-order valence-corrected chi connectivity index (χ0v) is 21.2. The van der Waals surface area contributed by atoms with Crippen LogP contribution in [0.3, 0.4) is 0 Å². The Morgan fingerprint density at radius 3 is 2.47 bits per heavy atom. The maximum atomic E-state index is 12.7. The number of carbonyl (C=O) groups excluding carboxylic acids is 3. The molecule has 188 valence electrons. The van der Waals surface area contributed by atoms with Gasteiger partial charge >= 0.3 is 0 Å². The number of rotatable bonds is 9. The zero-order chi connectivity index (χ0) is 25.8. The van der Waals surface area contributed by atoms with Gasteiger partial charge in [-0.3, -0.25) is 24.3 Å². The van der Waals surface area contributed by atoms with Crippen molar-refractivity contribution in [2.75, 3.05) is 31.5 Å². The number of benzene rings is 2. The second-order valence-corrected chi connectivity index (χ2v) is 8.89. The Balaban J connectivity index is 1.62. The maximum absolute atomic E-state index is 12.7. The monoisotopic (exact) mass is 488 g/mol. The molecule has 0 saturated carbocycles. The number of amides is 3. The van der Waals surface area contributed by atoms with Crippen molar-refractivity contribution in [3.05, 3.63) is 58.5 Å². The van der Waals surface area contributed by atoms with Crippen molar-refractivity contribution in [3.63, 3.8) is 0 Å². The van der Waals surface area contributed by atoms with Crippen LogP contribution in [0.15, 0.2) is 45.8 Å². The molecule has 1 aliphatic carbocycles. The molecule has 0 spiro atoms. The molecule has 3 aliphatic rings. The molecule has 0 fully saturated rings. The minimum absolute atomic E-state index is 0.139. The number of aryl methyl sites for hydroxylation is 3. The van der Waals surface area contributed by atoms with E-state index in [4.69, 9.17) is 4.42 Å². The van der Waals surface area contributed by atoms with Gasteiger partial charge in [-0.1, -0.05) is 0 Å². The second-order valence-electron chi connectivity index (χ2n) is 8.89. The van der Waals surface area contributed by atoms with Crippen LogP contribution in [-0.2, 0) is 20.8 Å². The molecule has 0 radical (unpaired) electrons. The molecule has 0 unspecified atom stereocenters. The minimum Gasteiger partial charge on any atom is -0.456 e. The van der Waals surface area contributed by atoms with E-state index in [2.05, 4.69) is 41.6 Å². The summed E-state index contributed by atoms with van der Waals surface area (Å²) in [5.41, 5.74) is 5.95. The summed E-state index contributed by atoms with van der Waals surface area (Å²) in [5, 5.41) is 8.09. The quantitative estimate of drug-likeness (QED) is 0.355. The van der Waals surface area contributed by atoms with Crippen molar-refractivity contribution < 1.29 is 18.8 Å². The van der Waals surface area contributed by atoms with E-state index in [0.29, 0.717) is 13.0 Å². The van der Waals surface area contributed by atoms with E-state index in [1.165, 1.54) is 12.2 Å². The Labute approximate surface area is 210 Å². The SMILES string of the molecule is CCN=c1cc2oc3cc(NCC)c(C)cc3c(CCC(=O)NCCN3C(=O)C=CC3=O)c-2cc1C. The van der Waals surface area contributed by atoms with Gasteiger partial charge in [0.1, 0.15) is 11.3 Å². The highest BCUT2D eigenvalue weighted by Gasteiger charge is 2.23. The van der Waals surface area contributed by atoms with Crippen LogP contribution in [0.2, 0.25) is 0 Å². The molecule has 0 bridgehead atoms. The van der Waals surface area contributed by atoms with Crippen LogP contribution < -0.4 is 16.0 Å². The van der Waals surface area contributed by atoms with Crippen LogP contribution in [-0.4, -0.2) is 48.8 Å². The summed E-state index contributed by atoms with van der Waals surface area (Å²) in [6.45, 7) is 10.0. The molecule has 2 heterocycles. The Kier molecular flexibility index (Phi) is 7.52. The van der Waals surface area contributed by atoms with Crippen LogP contribution in [0.4, 0.5) is 5.69 Å². The fourth-order valence-electron chi connectivity index (χ4n) is 4.55. The summed E-state index contributed by atoms with van der Waals surface area (Å²) >= 11 is 0. The normalized spacial score (nSPS) is 13.9. The highest BCUT2D eigenvalue weighted by molar-refractivity contribution is 6.12. The third-order valence-electron chi connectivity index (χ3n) is 6.35. The fraction of sp³-hybridized carbons (Fsp3) is 0.357. The topological polar surface area (TPSA) is 104 Å². The molecule has 36 heavy (non-hydrogen) atoms. The van der Waals surface area contributed by atoms with Crippen molar-refractivity contribution in [3.8, 4) is 11.3 Å². The number of anilines is 1. The molecule has 0 atom stereocenters. The minimum atomic E-state index is -0.350. The number of hydrogen-bond acceptors (Lipinski definition) is 6. The van der Waals surface area contributed by atoms with E-state index >= 15 is 0 Å². The first-order valence-electron chi connectivity index (χ1n) is 12.4. The molecule has 2 aliphatic heterocycles. The van der Waals surface area contributed by atoms with Gasteiger partial charge in [0.15, 0.2) is 0 Å². The van der Waals surface area contributed by atoms with E-state index in [-0.39, 0.29) is 37.2 Å². The standard InChI is InChI=1S/C28H32N4O4/c1-5-29-22-15-24-20(13-17(22)3)19(21-14-18(4)23(30-6-2)16-25(21)36-24)7-8-26(33)31-11-12-32-27(34)9-10-28(32)35/h9-10,13-16,29H,5-8,11-12H2,1-4H3,(H,31,33). The van der Waals surface area contributed by atoms with Gasteiger partial charge in [-0.05, 0) is 62.9 Å². The summed E-state index contributed by atoms with van der Waals surface area (Å²) in [6.07, 6.45) is 3.27. The van der Waals surface area contributed by atoms with Gasteiger partial charge in [0.25, 0.3) is 11.8 Å². The van der Waals surface area contributed by atoms with Crippen LogP contribution in [0.5, 0.6) is 0 Å². The van der Waals surface area contributed by atoms with Crippen LogP contribution in [0.1, 0.15) is 37.0 Å². The third-order valence-corrected chi connectivity index (χ3v) is 6.35. The molecule has 2 N–H and O–H groups in total. The van der Waals surface area contributed by atoms with Gasteiger partial charge < -0.3 is 15.1 Å². The smallest absolute Gasteiger partial charge is 0.253 e. The van der Waals surface area contributed by atoms with Gasteiger partial charge in [0, 0.05) is 73.5 Å². The number of carbonyl (C=O) groups is 3. The largest absolute Gasteiger partial charge is 0.456 e. The van der Waals surface area contributed by atoms with Gasteiger partial charge in [-0.15, -0.1) is 0 Å². The van der Waals surface area contributed by atoms with Crippen LogP contribution >= 0.6 is 0 Å². The molecule has 0 aromatic heterocycles. The van der Waals surface area contributed by atoms with E-state index in [9.17, 15) is 14.4 Å². The van der Waals surface area contributed by atoms with Crippen molar-refractivity contribution in [2.24, 2.45) is 4.99 Å². The number of fused-ring (bicyclic) bond motifs is 2. The van der Waals surface area contributed by atoms with Gasteiger partial charge in [-0.2, -0.15) is 0 Å². The van der Waals surface area contributed by atoms with Crippen LogP contribution in [0.25, 0.3) is 22.3 Å². The summed E-state index contributed by atoms with van der Waals surface area (Å²) in [5.74, 6) is -0.103. The van der Waals surface area contributed by atoms with Gasteiger partial charge in [0.05, 0.1) is 5.36 Å². The highest BCUT2D eigenvalue weighted by atomic mass is 16.3. The van der Waals surface area contributed by atoms with Crippen molar-refractivity contribution in [1.82, 2.24) is 10.2 Å². The average Bonchev–Trinajstić information content (AvgIpc) is 3.16. The van der Waals surface area contributed by atoms with Gasteiger partial charge in [-0.25, -0.2) is 0 Å². The second kappa shape index (κ2) is 10.8. The highest BCUT2D eigenvalue weighted by Crippen LogP contribution is 2.36. The zero-order valence-electron chi connectivity index (χ0n) is 21.2. The molecule has 1 aromatic rings. The fourth-order valence-corrected chi connectivity index (χ4v) is 4.55. The lowest BCUT2D eigenvalue weighted by atomic mass is 9.93. The number of nitrogens with zero attached hydrogens (tertiary/aromatic N) is 2. The molecule has 8 heteroatoms. The maximum Gasteiger partial charge on any atom is 0.253 e. The summed E-state index contributed by atoms with van der Waals surface area (Å²) in [7, 11) is 0. The van der Waals surface area contributed by atoms with E-state index in [1.807, 2.05) is 26.0 Å². The summed E-state index contributed by atoms with van der Waals surface area (Å²) < 4.78 is 6.34. The van der Waals surface area contributed by atoms with Crippen molar-refractivity contribution in [1.29, 1.82) is 0 Å². The molecular weight excluding hydrogens is 456 g/mol. The molecule has 0 saturated heterocycles. The average molecular weight is 489 g/mol. The lowest BCUT2D eigenvalue weighted by Crippen LogP contribution is -2.38. The predicted octanol–water partition coefficient (Wildman–Crippen LogP) is 3.48. The van der Waals surface area contributed by atoms with Crippen molar-refractivity contribution >= 4 is 34.4 Å². The first kappa shape index (κ1) is 25.2. The first-order chi connectivity index (χ1) is 17.3. The lowest BCUT2D eigenvalue weighted by Gasteiger charge is -2.18. The Morgan fingerprint density at radius 1 is 1.03 bits per heavy atom. The number of imide groups is 1. The third kappa shape index (κ3) is 5.17. The predicted molar refractivity (Wildman–Crippen MR) is 140 cm³/mol. The molecule has 3 amide bonds. The van der Waals surface area contributed by atoms with Gasteiger partial charge in [0.2, 0.25) is 5.91 Å². The molecule has 4 rings (SSSR count). The molecular formula is C28H32N4O4. The molecule has 1 aromatic carbocycles. The Morgan fingerprint density at radius 2 is 1.78 bits per heavy atom. The Bertz CT molecular complexity index is 1380. The van der Waals surface area contributed by atoms with E-state index < -0.39 is 0 Å². The lowest BCUT2D eigenvalue weighted by molar-refractivity contribution is -0.137. The summed E-state index contributed by atoms with van der Waals surface area (Å²) in [6, 6.07) is 8.19. The molecule has 8 nitrogen and oxygen atoms in total. The number of nitrogens with one attached hydrogen (secondary N) is 2. The van der Waals surface area contributed by atoms with Crippen LogP contribution in [0, 0.1) is 13.8 Å². The summed E-state index contributed by atoms with van der Waals surface area (Å²) in [4.78, 5) is 41.8. The Hall–Kier alpha value is -3.94. The van der Waals surface area contributed by atoms with E-state index in [1.54, 1.807) is 0 Å². The van der Waals surface area contributed by atoms with E-state index in [0.717, 1.165) is 61.5 Å². The van der Waals surface area contributed by atoms with Crippen molar-refractivity contribution in [2.45, 2.75) is 40.5 Å². The first-order valence-corrected chi connectivity index (χ1v) is 12.4.